The van der Waals surface area contributed by atoms with E-state index in [0.717, 1.165) is 0 Å². The fourth-order valence-corrected chi connectivity index (χ4v) is 1.97. The average Bonchev–Trinajstić information content (AvgIpc) is 2.42. The summed E-state index contributed by atoms with van der Waals surface area (Å²) in [5.41, 5.74) is 1.09. The van der Waals surface area contributed by atoms with Crippen LogP contribution in [-0.4, -0.2) is 12.2 Å². The van der Waals surface area contributed by atoms with Crippen LogP contribution in [0.3, 0.4) is 0 Å². The Morgan fingerprint density at radius 3 is 2.45 bits per heavy atom. The van der Waals surface area contributed by atoms with Crippen LogP contribution in [0.4, 0.5) is 4.39 Å². The molecule has 4 heteroatoms. The van der Waals surface area contributed by atoms with Crippen LogP contribution >= 0.6 is 0 Å². The van der Waals surface area contributed by atoms with Crippen LogP contribution in [0.2, 0.25) is 0 Å². The zero-order valence-electron chi connectivity index (χ0n) is 11.7. The van der Waals surface area contributed by atoms with Crippen LogP contribution in [0.25, 0.3) is 0 Å². The maximum atomic E-state index is 13.5. The van der Waals surface area contributed by atoms with Gasteiger partial charge in [-0.2, -0.15) is 0 Å². The van der Waals surface area contributed by atoms with Crippen molar-refractivity contribution in [1.29, 1.82) is 0 Å². The molecule has 2 rings (SSSR count). The smallest absolute Gasteiger partial charge is 0.136 e. The minimum Gasteiger partial charge on any atom is -0.496 e. The summed E-state index contributed by atoms with van der Waals surface area (Å²) in [6, 6.07) is 9.86. The molecule has 0 radical (unpaired) electrons. The van der Waals surface area contributed by atoms with Crippen molar-refractivity contribution in [2.75, 3.05) is 7.11 Å². The second kappa shape index (κ2) is 5.92. The highest BCUT2D eigenvalue weighted by Crippen LogP contribution is 2.36. The molecule has 0 heterocycles. The van der Waals surface area contributed by atoms with Gasteiger partial charge in [0.05, 0.1) is 18.8 Å². The van der Waals surface area contributed by atoms with E-state index in [1.165, 1.54) is 13.2 Å². The number of rotatable bonds is 4. The molecule has 0 saturated heterocycles. The van der Waals surface area contributed by atoms with Gasteiger partial charge in [-0.15, -0.1) is 0 Å². The van der Waals surface area contributed by atoms with E-state index in [-0.39, 0.29) is 5.82 Å². The lowest BCUT2D eigenvalue weighted by Crippen LogP contribution is -2.00. The van der Waals surface area contributed by atoms with Crippen LogP contribution in [0.5, 0.6) is 17.2 Å². The monoisotopic (exact) mass is 276 g/mol. The lowest BCUT2D eigenvalue weighted by Gasteiger charge is -2.16. The topological polar surface area (TPSA) is 38.7 Å². The summed E-state index contributed by atoms with van der Waals surface area (Å²) in [6.07, 6.45) is -0.753. The summed E-state index contributed by atoms with van der Waals surface area (Å²) >= 11 is 0. The first-order valence-electron chi connectivity index (χ1n) is 6.32. The number of aliphatic hydroxyl groups excluding tert-OH is 1. The third-order valence-electron chi connectivity index (χ3n) is 3.03. The van der Waals surface area contributed by atoms with Crippen molar-refractivity contribution >= 4 is 0 Å². The number of methoxy groups -OCH3 is 1. The Morgan fingerprint density at radius 2 is 1.85 bits per heavy atom. The first-order valence-corrected chi connectivity index (χ1v) is 6.32. The van der Waals surface area contributed by atoms with Crippen LogP contribution in [-0.2, 0) is 0 Å². The van der Waals surface area contributed by atoms with Crippen LogP contribution in [0, 0.1) is 12.7 Å². The maximum absolute atomic E-state index is 13.5. The Labute approximate surface area is 117 Å². The molecule has 3 nitrogen and oxygen atoms in total. The van der Waals surface area contributed by atoms with Gasteiger partial charge in [0.1, 0.15) is 23.1 Å². The minimum absolute atomic E-state index is 0.330. The number of aryl methyl sites for hydroxylation is 1. The van der Waals surface area contributed by atoms with Crippen LogP contribution < -0.4 is 9.47 Å². The first-order chi connectivity index (χ1) is 9.52. The number of aliphatic hydroxyl groups is 1. The van der Waals surface area contributed by atoms with Crippen LogP contribution in [0.15, 0.2) is 36.4 Å². The minimum atomic E-state index is -0.753. The van der Waals surface area contributed by atoms with Gasteiger partial charge in [-0.25, -0.2) is 4.39 Å². The van der Waals surface area contributed by atoms with Gasteiger partial charge in [0, 0.05) is 6.07 Å². The first kappa shape index (κ1) is 14.3. The molecule has 0 unspecified atom stereocenters. The average molecular weight is 276 g/mol. The van der Waals surface area contributed by atoms with Gasteiger partial charge < -0.3 is 14.6 Å². The number of hydrogen-bond donors (Lipinski definition) is 1. The predicted octanol–water partition coefficient (Wildman–Crippen LogP) is 3.99. The highest BCUT2D eigenvalue weighted by molar-refractivity contribution is 5.48. The zero-order valence-corrected chi connectivity index (χ0v) is 11.7. The Morgan fingerprint density at radius 1 is 1.15 bits per heavy atom. The SMILES string of the molecule is COc1cccc(Oc2ccc(C)c(F)c2)c1[C@@H](C)O. The standard InChI is InChI=1S/C16H17FO3/c1-10-7-8-12(9-13(10)17)20-15-6-4-5-14(19-3)16(15)11(2)18/h4-9,11,18H,1-3H3/t11-/m1/s1. The molecule has 0 aromatic heterocycles. The maximum Gasteiger partial charge on any atom is 0.136 e. The van der Waals surface area contributed by atoms with Crippen molar-refractivity contribution < 1.29 is 19.0 Å². The van der Waals surface area contributed by atoms with Gasteiger partial charge in [0.15, 0.2) is 0 Å². The van der Waals surface area contributed by atoms with Gasteiger partial charge in [-0.1, -0.05) is 12.1 Å². The fraction of sp³-hybridized carbons (Fsp3) is 0.250. The van der Waals surface area contributed by atoms with E-state index < -0.39 is 6.10 Å². The molecule has 0 bridgehead atoms. The van der Waals surface area contributed by atoms with Crippen LogP contribution in [0.1, 0.15) is 24.2 Å². The van der Waals surface area contributed by atoms with E-state index >= 15 is 0 Å². The quantitative estimate of drug-likeness (QED) is 0.917. The highest BCUT2D eigenvalue weighted by Gasteiger charge is 2.16. The second-order valence-corrected chi connectivity index (χ2v) is 4.56. The summed E-state index contributed by atoms with van der Waals surface area (Å²) in [6.45, 7) is 3.31. The van der Waals surface area contributed by atoms with Crippen molar-refractivity contribution in [2.45, 2.75) is 20.0 Å². The molecule has 0 amide bonds. The second-order valence-electron chi connectivity index (χ2n) is 4.56. The molecule has 2 aromatic carbocycles. The summed E-state index contributed by atoms with van der Waals surface area (Å²) in [7, 11) is 1.52. The normalized spacial score (nSPS) is 12.1. The summed E-state index contributed by atoms with van der Waals surface area (Å²) < 4.78 is 24.4. The van der Waals surface area contributed by atoms with Gasteiger partial charge in [-0.05, 0) is 37.6 Å². The van der Waals surface area contributed by atoms with Crippen molar-refractivity contribution in [3.05, 3.63) is 53.3 Å². The Bertz CT molecular complexity index is 609. The molecule has 0 fully saturated rings. The molecular formula is C16H17FO3. The van der Waals surface area contributed by atoms with Gasteiger partial charge in [0.2, 0.25) is 0 Å². The Hall–Kier alpha value is -2.07. The number of ether oxygens (including phenoxy) is 2. The van der Waals surface area contributed by atoms with Crippen molar-refractivity contribution in [2.24, 2.45) is 0 Å². The van der Waals surface area contributed by atoms with E-state index in [1.807, 2.05) is 0 Å². The molecule has 0 saturated carbocycles. The van der Waals surface area contributed by atoms with Crippen molar-refractivity contribution in [3.63, 3.8) is 0 Å². The zero-order chi connectivity index (χ0) is 14.7. The largest absolute Gasteiger partial charge is 0.496 e. The van der Waals surface area contributed by atoms with E-state index in [2.05, 4.69) is 0 Å². The Balaban J connectivity index is 2.40. The molecule has 0 aliphatic rings. The summed E-state index contributed by atoms with van der Waals surface area (Å²) in [5, 5.41) is 9.86. The van der Waals surface area contributed by atoms with Gasteiger partial charge >= 0.3 is 0 Å². The Kier molecular flexibility index (Phi) is 4.25. The predicted molar refractivity (Wildman–Crippen MR) is 74.8 cm³/mol. The molecule has 1 N–H and O–H groups in total. The highest BCUT2D eigenvalue weighted by atomic mass is 19.1. The fourth-order valence-electron chi connectivity index (χ4n) is 1.97. The summed E-state index contributed by atoms with van der Waals surface area (Å²) in [5.74, 6) is 1.03. The van der Waals surface area contributed by atoms with E-state index in [1.54, 1.807) is 44.2 Å². The van der Waals surface area contributed by atoms with Gasteiger partial charge in [-0.3, -0.25) is 0 Å². The molecule has 0 aliphatic carbocycles. The van der Waals surface area contributed by atoms with E-state index in [0.29, 0.717) is 28.4 Å². The molecule has 106 valence electrons. The third kappa shape index (κ3) is 2.91. The number of halogens is 1. The molecule has 0 aliphatic heterocycles. The third-order valence-corrected chi connectivity index (χ3v) is 3.03. The molecule has 20 heavy (non-hydrogen) atoms. The van der Waals surface area contributed by atoms with Gasteiger partial charge in [0.25, 0.3) is 0 Å². The van der Waals surface area contributed by atoms with Crippen molar-refractivity contribution in [3.8, 4) is 17.2 Å². The number of hydrogen-bond acceptors (Lipinski definition) is 3. The lowest BCUT2D eigenvalue weighted by atomic mass is 10.1. The molecule has 2 aromatic rings. The number of benzene rings is 2. The van der Waals surface area contributed by atoms with Crippen molar-refractivity contribution in [1.82, 2.24) is 0 Å². The lowest BCUT2D eigenvalue weighted by molar-refractivity contribution is 0.190. The molecular weight excluding hydrogens is 259 g/mol. The molecule has 0 spiro atoms. The van der Waals surface area contributed by atoms with E-state index in [4.69, 9.17) is 9.47 Å². The summed E-state index contributed by atoms with van der Waals surface area (Å²) in [4.78, 5) is 0. The van der Waals surface area contributed by atoms with E-state index in [9.17, 15) is 9.50 Å². The molecule has 1 atom stereocenters.